The predicted octanol–water partition coefficient (Wildman–Crippen LogP) is 7.13. The molecular weight excluding hydrogens is 462 g/mol. The highest BCUT2D eigenvalue weighted by Crippen LogP contribution is 2.41. The van der Waals surface area contributed by atoms with Crippen molar-refractivity contribution in [3.8, 4) is 56.6 Å². The molecule has 0 amide bonds. The van der Waals surface area contributed by atoms with Gasteiger partial charge in [0.1, 0.15) is 0 Å². The lowest BCUT2D eigenvalue weighted by Crippen LogP contribution is -2.01. The van der Waals surface area contributed by atoms with Gasteiger partial charge in [-0.25, -0.2) is 4.98 Å². The van der Waals surface area contributed by atoms with Crippen LogP contribution < -0.4 is 18.9 Å². The van der Waals surface area contributed by atoms with Crippen LogP contribution in [0.3, 0.4) is 0 Å². The highest BCUT2D eigenvalue weighted by molar-refractivity contribution is 5.82. The number of nitrogens with zero attached hydrogens (tertiary/aromatic N) is 1. The Morgan fingerprint density at radius 2 is 1.16 bits per heavy atom. The fraction of sp³-hybridized carbons (Fsp3) is 0.0938. The van der Waals surface area contributed by atoms with Gasteiger partial charge in [-0.15, -0.1) is 0 Å². The Balaban J connectivity index is 1.46. The lowest BCUT2D eigenvalue weighted by Gasteiger charge is -2.18. The monoisotopic (exact) mass is 485 g/mol. The molecule has 37 heavy (non-hydrogen) atoms. The number of rotatable bonds is 5. The van der Waals surface area contributed by atoms with E-state index in [0.717, 1.165) is 67.8 Å². The van der Waals surface area contributed by atoms with E-state index in [2.05, 4.69) is 66.7 Å². The Kier molecular flexibility index (Phi) is 5.25. The van der Waals surface area contributed by atoms with Gasteiger partial charge in [-0.1, -0.05) is 72.8 Å². The van der Waals surface area contributed by atoms with E-state index < -0.39 is 0 Å². The first-order chi connectivity index (χ1) is 18.3. The summed E-state index contributed by atoms with van der Waals surface area (Å²) in [6.07, 6.45) is 0.673. The average Bonchev–Trinajstić information content (AvgIpc) is 3.63. The van der Waals surface area contributed by atoms with Gasteiger partial charge in [-0.3, -0.25) is 0 Å². The molecule has 0 saturated heterocycles. The minimum atomic E-state index is 0.240. The Bertz CT molecular complexity index is 1600. The molecule has 5 heteroatoms. The molecule has 2 aliphatic rings. The Morgan fingerprint density at radius 1 is 0.541 bits per heavy atom. The van der Waals surface area contributed by atoms with E-state index >= 15 is 0 Å². The van der Waals surface area contributed by atoms with E-state index in [9.17, 15) is 0 Å². The van der Waals surface area contributed by atoms with Crippen LogP contribution in [-0.4, -0.2) is 18.6 Å². The molecule has 1 aromatic heterocycles. The van der Waals surface area contributed by atoms with Crippen LogP contribution in [0.4, 0.5) is 0 Å². The molecule has 0 saturated carbocycles. The van der Waals surface area contributed by atoms with Crippen LogP contribution >= 0.6 is 0 Å². The molecular formula is C32H23NO4. The SMILES string of the molecule is c1ccc(-c2cc(-c3ccc4c(c3)OCO4)c(Cc3ccc4c(c3)OCO4)c(-c3ccccc3)n2)cc1. The second kappa shape index (κ2) is 9.03. The smallest absolute Gasteiger partial charge is 0.231 e. The molecule has 5 nitrogen and oxygen atoms in total. The third kappa shape index (κ3) is 4.04. The zero-order valence-corrected chi connectivity index (χ0v) is 20.0. The number of ether oxygens (including phenoxy) is 4. The van der Waals surface area contributed by atoms with Crippen molar-refractivity contribution in [3.63, 3.8) is 0 Å². The van der Waals surface area contributed by atoms with E-state index in [1.807, 2.05) is 36.4 Å². The van der Waals surface area contributed by atoms with Crippen LogP contribution in [0.2, 0.25) is 0 Å². The van der Waals surface area contributed by atoms with Crippen LogP contribution in [0.1, 0.15) is 11.1 Å². The molecule has 0 aliphatic carbocycles. The summed E-state index contributed by atoms with van der Waals surface area (Å²) in [5.41, 5.74) is 8.41. The molecule has 0 radical (unpaired) electrons. The Hall–Kier alpha value is -4.77. The predicted molar refractivity (Wildman–Crippen MR) is 142 cm³/mol. The molecule has 0 bridgehead atoms. The summed E-state index contributed by atoms with van der Waals surface area (Å²) in [6.45, 7) is 0.494. The zero-order chi connectivity index (χ0) is 24.6. The molecule has 3 heterocycles. The fourth-order valence-electron chi connectivity index (χ4n) is 4.92. The van der Waals surface area contributed by atoms with Gasteiger partial charge < -0.3 is 18.9 Å². The maximum absolute atomic E-state index is 5.73. The van der Waals surface area contributed by atoms with E-state index in [4.69, 9.17) is 23.9 Å². The van der Waals surface area contributed by atoms with Crippen molar-refractivity contribution >= 4 is 0 Å². The maximum Gasteiger partial charge on any atom is 0.231 e. The summed E-state index contributed by atoms with van der Waals surface area (Å²) < 4.78 is 22.5. The maximum atomic E-state index is 5.73. The van der Waals surface area contributed by atoms with Crippen LogP contribution in [0.5, 0.6) is 23.0 Å². The first-order valence-electron chi connectivity index (χ1n) is 12.3. The van der Waals surface area contributed by atoms with Crippen molar-refractivity contribution < 1.29 is 18.9 Å². The summed E-state index contributed by atoms with van der Waals surface area (Å²) in [4.78, 5) is 5.23. The van der Waals surface area contributed by atoms with Crippen molar-refractivity contribution in [2.24, 2.45) is 0 Å². The van der Waals surface area contributed by atoms with Gasteiger partial charge in [-0.05, 0) is 52.6 Å². The Morgan fingerprint density at radius 3 is 1.89 bits per heavy atom. The van der Waals surface area contributed by atoms with Crippen LogP contribution in [0.25, 0.3) is 33.6 Å². The van der Waals surface area contributed by atoms with Crippen molar-refractivity contribution in [2.45, 2.75) is 6.42 Å². The topological polar surface area (TPSA) is 49.8 Å². The van der Waals surface area contributed by atoms with E-state index in [1.54, 1.807) is 0 Å². The minimum Gasteiger partial charge on any atom is -0.454 e. The first kappa shape index (κ1) is 21.5. The number of pyridine rings is 1. The molecule has 4 aromatic carbocycles. The van der Waals surface area contributed by atoms with Crippen molar-refractivity contribution in [3.05, 3.63) is 114 Å². The molecule has 2 aliphatic heterocycles. The summed E-state index contributed by atoms with van der Waals surface area (Å²) in [7, 11) is 0. The lowest BCUT2D eigenvalue weighted by molar-refractivity contribution is 0.173. The third-order valence-corrected chi connectivity index (χ3v) is 6.74. The number of fused-ring (bicyclic) bond motifs is 2. The summed E-state index contributed by atoms with van der Waals surface area (Å²) in [5.74, 6) is 3.07. The molecule has 5 aromatic rings. The molecule has 0 unspecified atom stereocenters. The summed E-state index contributed by atoms with van der Waals surface area (Å²) in [5, 5.41) is 0. The molecule has 0 spiro atoms. The Labute approximate surface area is 214 Å². The van der Waals surface area contributed by atoms with Crippen LogP contribution in [0, 0.1) is 0 Å². The highest BCUT2D eigenvalue weighted by atomic mass is 16.7. The van der Waals surface area contributed by atoms with E-state index in [1.165, 1.54) is 0 Å². The minimum absolute atomic E-state index is 0.240. The van der Waals surface area contributed by atoms with Gasteiger partial charge >= 0.3 is 0 Å². The molecule has 7 rings (SSSR count). The van der Waals surface area contributed by atoms with E-state index in [0.29, 0.717) is 6.42 Å². The number of hydrogen-bond donors (Lipinski definition) is 0. The molecule has 0 atom stereocenters. The quantitative estimate of drug-likeness (QED) is 0.265. The average molecular weight is 486 g/mol. The highest BCUT2D eigenvalue weighted by Gasteiger charge is 2.21. The van der Waals surface area contributed by atoms with Crippen molar-refractivity contribution in [1.29, 1.82) is 0 Å². The zero-order valence-electron chi connectivity index (χ0n) is 20.0. The first-order valence-corrected chi connectivity index (χ1v) is 12.3. The van der Waals surface area contributed by atoms with Crippen LogP contribution in [0.15, 0.2) is 103 Å². The van der Waals surface area contributed by atoms with Gasteiger partial charge in [0.05, 0.1) is 11.4 Å². The molecule has 0 N–H and O–H groups in total. The second-order valence-electron chi connectivity index (χ2n) is 9.05. The standard InChI is InChI=1S/C32H23NO4/c1-3-7-22(8-4-1)27-18-25(24-12-14-29-31(17-24)37-20-35-29)26(32(33-27)23-9-5-2-6-10-23)15-21-11-13-28-30(16-21)36-19-34-28/h1-14,16-18H,15,19-20H2. The second-order valence-corrected chi connectivity index (χ2v) is 9.05. The van der Waals surface area contributed by atoms with Crippen LogP contribution in [-0.2, 0) is 6.42 Å². The van der Waals surface area contributed by atoms with Gasteiger partial charge in [0.2, 0.25) is 13.6 Å². The number of benzene rings is 4. The molecule has 0 fully saturated rings. The molecule has 180 valence electrons. The summed E-state index contributed by atoms with van der Waals surface area (Å²) in [6, 6.07) is 35.1. The number of aromatic nitrogens is 1. The van der Waals surface area contributed by atoms with Gasteiger partial charge in [-0.2, -0.15) is 0 Å². The fourth-order valence-corrected chi connectivity index (χ4v) is 4.92. The van der Waals surface area contributed by atoms with Gasteiger partial charge in [0.25, 0.3) is 0 Å². The van der Waals surface area contributed by atoms with Gasteiger partial charge in [0.15, 0.2) is 23.0 Å². The normalized spacial score (nSPS) is 13.1. The third-order valence-electron chi connectivity index (χ3n) is 6.74. The summed E-state index contributed by atoms with van der Waals surface area (Å²) >= 11 is 0. The lowest BCUT2D eigenvalue weighted by atomic mass is 9.90. The van der Waals surface area contributed by atoms with E-state index in [-0.39, 0.29) is 13.6 Å². The van der Waals surface area contributed by atoms with Crippen molar-refractivity contribution in [2.75, 3.05) is 13.6 Å². The van der Waals surface area contributed by atoms with Gasteiger partial charge in [0, 0.05) is 17.5 Å². The largest absolute Gasteiger partial charge is 0.454 e. The van der Waals surface area contributed by atoms with Crippen molar-refractivity contribution in [1.82, 2.24) is 4.98 Å². The number of hydrogen-bond acceptors (Lipinski definition) is 5.